The zero-order valence-electron chi connectivity index (χ0n) is 18.7. The molecule has 4 rings (SSSR count). The second-order valence-electron chi connectivity index (χ2n) is 8.98. The molecule has 0 spiro atoms. The van der Waals surface area contributed by atoms with Gasteiger partial charge >= 0.3 is 0 Å². The fraction of sp³-hybridized carbons (Fsp3) is 0.458. The molecule has 1 atom stereocenters. The third-order valence-corrected chi connectivity index (χ3v) is 6.13. The highest BCUT2D eigenvalue weighted by atomic mass is 35.5. The summed E-state index contributed by atoms with van der Waals surface area (Å²) in [5.74, 6) is 1.09. The number of nitrogens with one attached hydrogen (secondary N) is 1. The Kier molecular flexibility index (Phi) is 6.30. The van der Waals surface area contributed by atoms with Gasteiger partial charge in [0.1, 0.15) is 0 Å². The van der Waals surface area contributed by atoms with Crippen LogP contribution < -0.4 is 5.32 Å². The molecule has 1 aliphatic rings. The molecule has 1 fully saturated rings. The minimum atomic E-state index is -0.0698. The maximum atomic E-state index is 13.2. The van der Waals surface area contributed by atoms with E-state index in [1.54, 1.807) is 4.68 Å². The number of hydrogen-bond donors (Lipinski definition) is 1. The summed E-state index contributed by atoms with van der Waals surface area (Å²) in [5.41, 5.74) is 3.56. The van der Waals surface area contributed by atoms with Crippen molar-refractivity contribution in [2.24, 2.45) is 11.8 Å². The van der Waals surface area contributed by atoms with Crippen LogP contribution in [0.2, 0.25) is 5.02 Å². The summed E-state index contributed by atoms with van der Waals surface area (Å²) in [5, 5.41) is 9.19. The molecule has 164 valence electrons. The van der Waals surface area contributed by atoms with E-state index in [0.29, 0.717) is 34.6 Å². The first-order valence-corrected chi connectivity index (χ1v) is 11.3. The summed E-state index contributed by atoms with van der Waals surface area (Å²) >= 11 is 6.40. The number of aromatic nitrogens is 3. The Morgan fingerprint density at radius 3 is 2.81 bits per heavy atom. The summed E-state index contributed by atoms with van der Waals surface area (Å²) in [6.07, 6.45) is 1.13. The molecule has 0 saturated carbocycles. The van der Waals surface area contributed by atoms with Crippen molar-refractivity contribution in [3.8, 4) is 5.69 Å². The van der Waals surface area contributed by atoms with Crippen molar-refractivity contribution in [2.75, 3.05) is 26.2 Å². The number of pyridine rings is 1. The van der Waals surface area contributed by atoms with Gasteiger partial charge in [-0.25, -0.2) is 9.67 Å². The lowest BCUT2D eigenvalue weighted by Gasteiger charge is -2.18. The fourth-order valence-corrected chi connectivity index (χ4v) is 4.69. The van der Waals surface area contributed by atoms with Gasteiger partial charge in [-0.2, -0.15) is 5.10 Å². The van der Waals surface area contributed by atoms with Gasteiger partial charge in [0.25, 0.3) is 5.91 Å². The summed E-state index contributed by atoms with van der Waals surface area (Å²) in [7, 11) is 0. The first-order chi connectivity index (χ1) is 14.8. The number of likely N-dealkylation sites (tertiary alicyclic amines) is 1. The molecule has 3 heterocycles. The van der Waals surface area contributed by atoms with Crippen molar-refractivity contribution >= 4 is 28.5 Å². The van der Waals surface area contributed by atoms with Crippen molar-refractivity contribution in [2.45, 2.75) is 34.1 Å². The largest absolute Gasteiger partial charge is 0.352 e. The van der Waals surface area contributed by atoms with Crippen molar-refractivity contribution < 1.29 is 4.79 Å². The normalized spacial score (nSPS) is 17.0. The van der Waals surface area contributed by atoms with Gasteiger partial charge in [-0.15, -0.1) is 0 Å². The van der Waals surface area contributed by atoms with Gasteiger partial charge in [-0.3, -0.25) is 4.79 Å². The van der Waals surface area contributed by atoms with Gasteiger partial charge in [-0.1, -0.05) is 37.6 Å². The van der Waals surface area contributed by atoms with Crippen molar-refractivity contribution in [1.82, 2.24) is 25.0 Å². The molecule has 1 aromatic carbocycles. The summed E-state index contributed by atoms with van der Waals surface area (Å²) < 4.78 is 1.73. The Labute approximate surface area is 188 Å². The Morgan fingerprint density at radius 1 is 1.29 bits per heavy atom. The summed E-state index contributed by atoms with van der Waals surface area (Å²) in [6, 6.07) is 9.38. The topological polar surface area (TPSA) is 63.1 Å². The lowest BCUT2D eigenvalue weighted by atomic mass is 10.1. The number of rotatable bonds is 6. The highest BCUT2D eigenvalue weighted by Crippen LogP contribution is 2.28. The second kappa shape index (κ2) is 8.97. The van der Waals surface area contributed by atoms with E-state index in [1.807, 2.05) is 44.2 Å². The predicted octanol–water partition coefficient (Wildman–Crippen LogP) is 4.40. The van der Waals surface area contributed by atoms with Crippen LogP contribution in [0, 0.1) is 25.7 Å². The number of para-hydroxylation sites is 1. The molecule has 3 aromatic rings. The molecular formula is C24H30ClN5O. The van der Waals surface area contributed by atoms with Crippen molar-refractivity contribution in [3.05, 3.63) is 52.3 Å². The van der Waals surface area contributed by atoms with Crippen LogP contribution in [-0.2, 0) is 0 Å². The smallest absolute Gasteiger partial charge is 0.252 e. The van der Waals surface area contributed by atoms with Gasteiger partial charge in [0.05, 0.1) is 27.4 Å². The molecule has 2 aromatic heterocycles. The lowest BCUT2D eigenvalue weighted by molar-refractivity contribution is 0.0948. The molecule has 0 bridgehead atoms. The highest BCUT2D eigenvalue weighted by molar-refractivity contribution is 6.32. The average Bonchev–Trinajstić information content (AvgIpc) is 3.29. The maximum absolute atomic E-state index is 13.2. The van der Waals surface area contributed by atoms with E-state index >= 15 is 0 Å². The third-order valence-electron chi connectivity index (χ3n) is 5.81. The predicted molar refractivity (Wildman–Crippen MR) is 125 cm³/mol. The highest BCUT2D eigenvalue weighted by Gasteiger charge is 2.25. The number of nitrogens with zero attached hydrogens (tertiary/aromatic N) is 4. The summed E-state index contributed by atoms with van der Waals surface area (Å²) in [4.78, 5) is 20.4. The van der Waals surface area contributed by atoms with E-state index in [2.05, 4.69) is 34.1 Å². The molecule has 31 heavy (non-hydrogen) atoms. The number of aryl methyl sites for hydroxylation is 2. The first kappa shape index (κ1) is 21.8. The molecule has 7 heteroatoms. The third kappa shape index (κ3) is 4.60. The number of fused-ring (bicyclic) bond motifs is 1. The molecule has 6 nitrogen and oxygen atoms in total. The number of carbonyl (C=O) groups excluding carboxylic acids is 1. The SMILES string of the molecule is Cc1cc(C(=O)NCC2CCN(CC(C)C)C2)c2c(C)nn(-c3ccccc3Cl)c2n1. The van der Waals surface area contributed by atoms with E-state index in [9.17, 15) is 4.79 Å². The number of amides is 1. The van der Waals surface area contributed by atoms with Gasteiger partial charge in [0.2, 0.25) is 0 Å². The minimum Gasteiger partial charge on any atom is -0.352 e. The van der Waals surface area contributed by atoms with Crippen LogP contribution in [0.1, 0.15) is 42.0 Å². The molecule has 0 radical (unpaired) electrons. The Bertz CT molecular complexity index is 1110. The van der Waals surface area contributed by atoms with E-state index in [0.717, 1.165) is 48.5 Å². The average molecular weight is 440 g/mol. The maximum Gasteiger partial charge on any atom is 0.252 e. The van der Waals surface area contributed by atoms with Crippen molar-refractivity contribution in [3.63, 3.8) is 0 Å². The van der Waals surface area contributed by atoms with Crippen LogP contribution in [-0.4, -0.2) is 51.8 Å². The van der Waals surface area contributed by atoms with Crippen molar-refractivity contribution in [1.29, 1.82) is 0 Å². The molecule has 1 aliphatic heterocycles. The fourth-order valence-electron chi connectivity index (χ4n) is 4.48. The first-order valence-electron chi connectivity index (χ1n) is 11.0. The molecule has 1 unspecified atom stereocenters. The number of benzene rings is 1. The number of halogens is 1. The quantitative estimate of drug-likeness (QED) is 0.618. The molecule has 1 N–H and O–H groups in total. The standard InChI is InChI=1S/C24H30ClN5O/c1-15(2)13-29-10-9-18(14-29)12-26-24(31)19-11-16(3)27-23-22(19)17(4)28-30(23)21-8-6-5-7-20(21)25/h5-8,11,15,18H,9-10,12-14H2,1-4H3,(H,26,31). The van der Waals surface area contributed by atoms with Crippen LogP contribution in [0.15, 0.2) is 30.3 Å². The van der Waals surface area contributed by atoms with E-state index in [4.69, 9.17) is 11.6 Å². The van der Waals surface area contributed by atoms with Crippen LogP contribution in [0.25, 0.3) is 16.7 Å². The minimum absolute atomic E-state index is 0.0698. The Morgan fingerprint density at radius 2 is 2.06 bits per heavy atom. The van der Waals surface area contributed by atoms with Gasteiger partial charge in [-0.05, 0) is 56.8 Å². The van der Waals surface area contributed by atoms with Crippen LogP contribution in [0.3, 0.4) is 0 Å². The van der Waals surface area contributed by atoms with Crippen LogP contribution in [0.5, 0.6) is 0 Å². The van der Waals surface area contributed by atoms with E-state index < -0.39 is 0 Å². The van der Waals surface area contributed by atoms with Crippen LogP contribution in [0.4, 0.5) is 0 Å². The molecule has 1 saturated heterocycles. The number of hydrogen-bond acceptors (Lipinski definition) is 4. The summed E-state index contributed by atoms with van der Waals surface area (Å²) in [6.45, 7) is 12.3. The lowest BCUT2D eigenvalue weighted by Crippen LogP contribution is -2.32. The van der Waals surface area contributed by atoms with Crippen LogP contribution >= 0.6 is 11.6 Å². The monoisotopic (exact) mass is 439 g/mol. The van der Waals surface area contributed by atoms with Gasteiger partial charge < -0.3 is 10.2 Å². The number of carbonyl (C=O) groups is 1. The van der Waals surface area contributed by atoms with Gasteiger partial charge in [0, 0.05) is 25.3 Å². The van der Waals surface area contributed by atoms with Gasteiger partial charge in [0.15, 0.2) is 5.65 Å². The molecule has 0 aliphatic carbocycles. The second-order valence-corrected chi connectivity index (χ2v) is 9.38. The molecular weight excluding hydrogens is 410 g/mol. The zero-order chi connectivity index (χ0) is 22.1. The Hall–Kier alpha value is -2.44. The Balaban J connectivity index is 1.58. The zero-order valence-corrected chi connectivity index (χ0v) is 19.4. The molecule has 1 amide bonds. The van der Waals surface area contributed by atoms with E-state index in [-0.39, 0.29) is 5.91 Å². The van der Waals surface area contributed by atoms with E-state index in [1.165, 1.54) is 0 Å².